The van der Waals surface area contributed by atoms with Gasteiger partial charge in [0.15, 0.2) is 0 Å². The van der Waals surface area contributed by atoms with E-state index in [0.717, 1.165) is 23.1 Å². The van der Waals surface area contributed by atoms with Crippen LogP contribution in [-0.2, 0) is 16.0 Å². The van der Waals surface area contributed by atoms with Gasteiger partial charge in [-0.2, -0.15) is 0 Å². The van der Waals surface area contributed by atoms with Gasteiger partial charge in [0, 0.05) is 0 Å². The van der Waals surface area contributed by atoms with E-state index in [-0.39, 0.29) is 5.97 Å². The van der Waals surface area contributed by atoms with E-state index in [1.165, 1.54) is 7.11 Å². The van der Waals surface area contributed by atoms with E-state index in [2.05, 4.69) is 24.3 Å². The average Bonchev–Trinajstić information content (AvgIpc) is 2.63. The van der Waals surface area contributed by atoms with Crippen LogP contribution in [0.5, 0.6) is 0 Å². The van der Waals surface area contributed by atoms with Crippen LogP contribution in [-0.4, -0.2) is 13.1 Å². The molecule has 2 nitrogen and oxygen atoms in total. The van der Waals surface area contributed by atoms with Crippen LogP contribution in [0.2, 0.25) is 0 Å². The van der Waals surface area contributed by atoms with E-state index in [1.54, 1.807) is 0 Å². The maximum absolute atomic E-state index is 12.6. The van der Waals surface area contributed by atoms with E-state index in [4.69, 9.17) is 4.74 Å². The molecule has 23 heavy (non-hydrogen) atoms. The smallest absolute Gasteiger partial charge is 0.319 e. The summed E-state index contributed by atoms with van der Waals surface area (Å²) in [4.78, 5) is 12.6. The summed E-state index contributed by atoms with van der Waals surface area (Å²) >= 11 is 0. The number of methoxy groups -OCH3 is 1. The molecule has 0 aromatic heterocycles. The molecule has 1 aliphatic rings. The van der Waals surface area contributed by atoms with Crippen LogP contribution in [0.4, 0.5) is 0 Å². The van der Waals surface area contributed by atoms with Crippen LogP contribution in [0.25, 0.3) is 5.57 Å². The number of allylic oxidation sites excluding steroid dienone is 2. The Labute approximate surface area is 137 Å². The van der Waals surface area contributed by atoms with Crippen molar-refractivity contribution in [2.24, 2.45) is 5.41 Å². The van der Waals surface area contributed by atoms with Crippen molar-refractivity contribution in [2.45, 2.75) is 12.8 Å². The highest BCUT2D eigenvalue weighted by atomic mass is 16.5. The highest BCUT2D eigenvalue weighted by Gasteiger charge is 2.37. The van der Waals surface area contributed by atoms with E-state index < -0.39 is 5.41 Å². The minimum Gasteiger partial charge on any atom is -0.468 e. The third kappa shape index (κ3) is 3.26. The number of esters is 1. The van der Waals surface area contributed by atoms with Crippen molar-refractivity contribution in [3.05, 3.63) is 90.0 Å². The third-order valence-corrected chi connectivity index (χ3v) is 4.23. The summed E-state index contributed by atoms with van der Waals surface area (Å²) in [6.07, 6.45) is 7.56. The molecule has 2 heteroatoms. The molecule has 0 bridgehead atoms. The second-order valence-electron chi connectivity index (χ2n) is 5.84. The van der Waals surface area contributed by atoms with E-state index in [1.807, 2.05) is 54.6 Å². The Morgan fingerprint density at radius 2 is 1.70 bits per heavy atom. The predicted molar refractivity (Wildman–Crippen MR) is 92.8 cm³/mol. The van der Waals surface area contributed by atoms with Gasteiger partial charge in [-0.25, -0.2) is 0 Å². The number of hydrogen-bond donors (Lipinski definition) is 0. The Morgan fingerprint density at radius 1 is 1.04 bits per heavy atom. The Kier molecular flexibility index (Phi) is 4.42. The summed E-state index contributed by atoms with van der Waals surface area (Å²) in [5.74, 6) is -0.217. The number of carbonyl (C=O) groups is 1. The molecule has 0 N–H and O–H groups in total. The largest absolute Gasteiger partial charge is 0.468 e. The molecule has 116 valence electrons. The van der Waals surface area contributed by atoms with Crippen molar-refractivity contribution in [1.29, 1.82) is 0 Å². The van der Waals surface area contributed by atoms with Gasteiger partial charge in [0.05, 0.1) is 7.11 Å². The lowest BCUT2D eigenvalue weighted by Gasteiger charge is -2.29. The molecule has 2 aromatic carbocycles. The first-order chi connectivity index (χ1) is 11.2. The zero-order valence-electron chi connectivity index (χ0n) is 13.2. The molecule has 0 saturated carbocycles. The van der Waals surface area contributed by atoms with Gasteiger partial charge in [-0.3, -0.25) is 4.79 Å². The van der Waals surface area contributed by atoms with Crippen molar-refractivity contribution >= 4 is 11.5 Å². The Hall–Kier alpha value is -2.61. The van der Waals surface area contributed by atoms with Crippen LogP contribution in [0, 0.1) is 5.41 Å². The minimum absolute atomic E-state index is 0.217. The topological polar surface area (TPSA) is 26.3 Å². The third-order valence-electron chi connectivity index (χ3n) is 4.23. The summed E-state index contributed by atoms with van der Waals surface area (Å²) in [7, 11) is 1.45. The van der Waals surface area contributed by atoms with Gasteiger partial charge < -0.3 is 4.74 Å². The summed E-state index contributed by atoms with van der Waals surface area (Å²) in [5.41, 5.74) is 2.69. The van der Waals surface area contributed by atoms with Crippen LogP contribution in [0.1, 0.15) is 17.5 Å². The molecule has 0 aliphatic heterocycles. The number of carbonyl (C=O) groups excluding carboxylic acids is 1. The quantitative estimate of drug-likeness (QED) is 0.617. The average molecular weight is 304 g/mol. The summed E-state index contributed by atoms with van der Waals surface area (Å²) in [6, 6.07) is 20.3. The Bertz CT molecular complexity index is 729. The second kappa shape index (κ2) is 6.66. The first-order valence-corrected chi connectivity index (χ1v) is 7.81. The van der Waals surface area contributed by atoms with Crippen molar-refractivity contribution in [3.8, 4) is 0 Å². The zero-order chi connectivity index (χ0) is 16.1. The lowest BCUT2D eigenvalue weighted by atomic mass is 9.75. The molecule has 0 heterocycles. The van der Waals surface area contributed by atoms with Crippen LogP contribution in [0.3, 0.4) is 0 Å². The first-order valence-electron chi connectivity index (χ1n) is 7.81. The zero-order valence-corrected chi connectivity index (χ0v) is 13.2. The molecular weight excluding hydrogens is 284 g/mol. The lowest BCUT2D eigenvalue weighted by molar-refractivity contribution is -0.147. The molecule has 1 aliphatic carbocycles. The van der Waals surface area contributed by atoms with Crippen molar-refractivity contribution in [3.63, 3.8) is 0 Å². The highest BCUT2D eigenvalue weighted by molar-refractivity contribution is 5.86. The number of benzene rings is 2. The highest BCUT2D eigenvalue weighted by Crippen LogP contribution is 2.37. The van der Waals surface area contributed by atoms with Gasteiger partial charge in [0.2, 0.25) is 0 Å². The molecule has 3 rings (SSSR count). The second-order valence-corrected chi connectivity index (χ2v) is 5.84. The minimum atomic E-state index is -0.737. The normalized spacial score (nSPS) is 20.0. The fourth-order valence-electron chi connectivity index (χ4n) is 3.10. The number of hydrogen-bond acceptors (Lipinski definition) is 2. The first kappa shape index (κ1) is 15.3. The molecule has 0 amide bonds. The van der Waals surface area contributed by atoms with Crippen molar-refractivity contribution < 1.29 is 9.53 Å². The van der Waals surface area contributed by atoms with Crippen molar-refractivity contribution in [1.82, 2.24) is 0 Å². The fourth-order valence-corrected chi connectivity index (χ4v) is 3.10. The summed E-state index contributed by atoms with van der Waals surface area (Å²) < 4.78 is 5.11. The van der Waals surface area contributed by atoms with E-state index >= 15 is 0 Å². The molecule has 1 atom stereocenters. The molecule has 0 saturated heterocycles. The SMILES string of the molecule is COC(=O)C1(Cc2ccccc2)C=CCC(c2ccccc2)=C1. The molecule has 0 spiro atoms. The molecule has 0 fully saturated rings. The standard InChI is InChI=1S/C21H20O2/c1-23-20(22)21(15-17-9-4-2-5-10-17)14-8-13-19(16-21)18-11-6-3-7-12-18/h2-12,14,16H,13,15H2,1H3. The lowest BCUT2D eigenvalue weighted by Crippen LogP contribution is -2.32. The van der Waals surface area contributed by atoms with Gasteiger partial charge in [-0.1, -0.05) is 78.9 Å². The van der Waals surface area contributed by atoms with Gasteiger partial charge in [0.1, 0.15) is 5.41 Å². The summed E-state index contributed by atoms with van der Waals surface area (Å²) in [6.45, 7) is 0. The van der Waals surface area contributed by atoms with Crippen LogP contribution < -0.4 is 0 Å². The Balaban J connectivity index is 2.01. The van der Waals surface area contributed by atoms with Gasteiger partial charge in [-0.05, 0) is 29.5 Å². The molecule has 1 unspecified atom stereocenters. The monoisotopic (exact) mass is 304 g/mol. The number of ether oxygens (including phenoxy) is 1. The maximum atomic E-state index is 12.6. The number of rotatable bonds is 4. The van der Waals surface area contributed by atoms with Gasteiger partial charge in [0.25, 0.3) is 0 Å². The van der Waals surface area contributed by atoms with Gasteiger partial charge in [-0.15, -0.1) is 0 Å². The maximum Gasteiger partial charge on any atom is 0.319 e. The Morgan fingerprint density at radius 3 is 2.35 bits per heavy atom. The van der Waals surface area contributed by atoms with Gasteiger partial charge >= 0.3 is 5.97 Å². The predicted octanol–water partition coefficient (Wildman–Crippen LogP) is 4.43. The summed E-state index contributed by atoms with van der Waals surface area (Å²) in [5, 5.41) is 0. The van der Waals surface area contributed by atoms with Crippen molar-refractivity contribution in [2.75, 3.05) is 7.11 Å². The molecular formula is C21H20O2. The molecule has 0 radical (unpaired) electrons. The van der Waals surface area contributed by atoms with E-state index in [0.29, 0.717) is 6.42 Å². The van der Waals surface area contributed by atoms with Crippen LogP contribution in [0.15, 0.2) is 78.9 Å². The fraction of sp³-hybridized carbons (Fsp3) is 0.190. The van der Waals surface area contributed by atoms with E-state index in [9.17, 15) is 4.79 Å². The van der Waals surface area contributed by atoms with Crippen LogP contribution >= 0.6 is 0 Å². The molecule has 2 aromatic rings.